The fourth-order valence-corrected chi connectivity index (χ4v) is 7.35. The van der Waals surface area contributed by atoms with Crippen molar-refractivity contribution in [2.45, 2.75) is 50.0 Å². The lowest BCUT2D eigenvalue weighted by Gasteiger charge is -2.33. The molecule has 1 aromatic heterocycles. The predicted octanol–water partition coefficient (Wildman–Crippen LogP) is 4.84. The van der Waals surface area contributed by atoms with Crippen LogP contribution in [0.15, 0.2) is 35.2 Å². The van der Waals surface area contributed by atoms with Crippen LogP contribution in [0, 0.1) is 0 Å². The van der Waals surface area contributed by atoms with Crippen molar-refractivity contribution < 1.29 is 13.2 Å². The van der Waals surface area contributed by atoms with Gasteiger partial charge >= 0.3 is 0 Å². The van der Waals surface area contributed by atoms with Gasteiger partial charge in [-0.25, -0.2) is 8.42 Å². The zero-order valence-electron chi connectivity index (χ0n) is 18.4. The fraction of sp³-hybridized carbons (Fsp3) is 0.522. The summed E-state index contributed by atoms with van der Waals surface area (Å²) in [6, 6.07) is 8.90. The molecule has 0 unspecified atom stereocenters. The third-order valence-corrected chi connectivity index (χ3v) is 9.35. The molecule has 9 heteroatoms. The summed E-state index contributed by atoms with van der Waals surface area (Å²) in [6.45, 7) is 3.19. The summed E-state index contributed by atoms with van der Waals surface area (Å²) in [5.41, 5.74) is 1.12. The number of thiophene rings is 1. The molecule has 2 aliphatic rings. The number of anilines is 1. The van der Waals surface area contributed by atoms with Crippen LogP contribution < -0.4 is 4.90 Å². The van der Waals surface area contributed by atoms with E-state index in [4.69, 9.17) is 11.6 Å². The van der Waals surface area contributed by atoms with E-state index in [1.54, 1.807) is 28.4 Å². The Morgan fingerprint density at radius 3 is 2.28 bits per heavy atom. The minimum absolute atomic E-state index is 0.199. The van der Waals surface area contributed by atoms with E-state index in [2.05, 4.69) is 4.90 Å². The molecule has 2 fully saturated rings. The molecule has 2 saturated heterocycles. The van der Waals surface area contributed by atoms with Crippen molar-refractivity contribution in [1.82, 2.24) is 9.21 Å². The Labute approximate surface area is 199 Å². The third-order valence-electron chi connectivity index (χ3n) is 6.20. The molecule has 2 aromatic rings. The van der Waals surface area contributed by atoms with Crippen LogP contribution in [0.5, 0.6) is 0 Å². The maximum atomic E-state index is 13.7. The number of amides is 1. The van der Waals surface area contributed by atoms with Gasteiger partial charge in [0.25, 0.3) is 5.91 Å². The quantitative estimate of drug-likeness (QED) is 0.575. The summed E-state index contributed by atoms with van der Waals surface area (Å²) >= 11 is 7.45. The highest BCUT2D eigenvalue weighted by atomic mass is 35.5. The van der Waals surface area contributed by atoms with Crippen molar-refractivity contribution in [3.8, 4) is 0 Å². The zero-order valence-corrected chi connectivity index (χ0v) is 20.8. The molecule has 0 spiro atoms. The van der Waals surface area contributed by atoms with Crippen LogP contribution in [0.3, 0.4) is 0 Å². The zero-order chi connectivity index (χ0) is 22.7. The highest BCUT2D eigenvalue weighted by molar-refractivity contribution is 7.89. The second kappa shape index (κ2) is 10.1. The molecule has 0 saturated carbocycles. The summed E-state index contributed by atoms with van der Waals surface area (Å²) in [4.78, 5) is 18.2. The standard InChI is InChI=1S/C23H30ClN3O3S2/c1-25(17-19-9-11-22(24)31-19)23(28)18-8-10-20(26-12-4-2-5-13-26)21(16-18)32(29,30)27-14-6-3-7-15-27/h8-11,16H,2-7,12-15,17H2,1H3. The van der Waals surface area contributed by atoms with Crippen LogP contribution >= 0.6 is 22.9 Å². The number of rotatable bonds is 6. The molecule has 4 rings (SSSR count). The van der Waals surface area contributed by atoms with Gasteiger partial charge in [-0.1, -0.05) is 18.0 Å². The summed E-state index contributed by atoms with van der Waals surface area (Å²) in [7, 11) is -1.94. The fourth-order valence-electron chi connectivity index (χ4n) is 4.46. The monoisotopic (exact) mass is 495 g/mol. The molecule has 1 aromatic carbocycles. The first-order valence-corrected chi connectivity index (χ1v) is 13.9. The summed E-state index contributed by atoms with van der Waals surface area (Å²) in [6.07, 6.45) is 6.08. The van der Waals surface area contributed by atoms with Crippen molar-refractivity contribution in [3.05, 3.63) is 45.1 Å². The van der Waals surface area contributed by atoms with Gasteiger partial charge in [0.15, 0.2) is 0 Å². The molecule has 6 nitrogen and oxygen atoms in total. The molecule has 0 N–H and O–H groups in total. The second-order valence-electron chi connectivity index (χ2n) is 8.56. The van der Waals surface area contributed by atoms with Crippen LogP contribution in [0.2, 0.25) is 4.34 Å². The van der Waals surface area contributed by atoms with Crippen LogP contribution in [-0.4, -0.2) is 56.8 Å². The van der Waals surface area contributed by atoms with E-state index in [1.807, 2.05) is 18.2 Å². The molecule has 2 aliphatic heterocycles. The van der Waals surface area contributed by atoms with Gasteiger partial charge in [-0.3, -0.25) is 4.79 Å². The van der Waals surface area contributed by atoms with E-state index in [-0.39, 0.29) is 10.8 Å². The number of hydrogen-bond donors (Lipinski definition) is 0. The normalized spacial score (nSPS) is 18.0. The van der Waals surface area contributed by atoms with Gasteiger partial charge in [-0.2, -0.15) is 4.31 Å². The Morgan fingerprint density at radius 1 is 1.00 bits per heavy atom. The SMILES string of the molecule is CN(Cc1ccc(Cl)s1)C(=O)c1ccc(N2CCCCC2)c(S(=O)(=O)N2CCCCC2)c1. The van der Waals surface area contributed by atoms with Gasteiger partial charge in [0.05, 0.1) is 16.6 Å². The van der Waals surface area contributed by atoms with Crippen molar-refractivity contribution in [1.29, 1.82) is 0 Å². The minimum atomic E-state index is -3.67. The number of benzene rings is 1. The topological polar surface area (TPSA) is 60.9 Å². The van der Waals surface area contributed by atoms with Crippen molar-refractivity contribution in [2.24, 2.45) is 0 Å². The number of piperidine rings is 2. The Bertz CT molecular complexity index is 1060. The molecule has 174 valence electrons. The first-order valence-electron chi connectivity index (χ1n) is 11.2. The van der Waals surface area contributed by atoms with Gasteiger partial charge in [-0.05, 0) is 62.4 Å². The Kier molecular flexibility index (Phi) is 7.44. The van der Waals surface area contributed by atoms with Crippen molar-refractivity contribution in [2.75, 3.05) is 38.1 Å². The molecular weight excluding hydrogens is 466 g/mol. The average Bonchev–Trinajstić information content (AvgIpc) is 3.23. The predicted molar refractivity (Wildman–Crippen MR) is 130 cm³/mol. The summed E-state index contributed by atoms with van der Waals surface area (Å²) in [5.74, 6) is -0.199. The maximum absolute atomic E-state index is 13.7. The van der Waals surface area contributed by atoms with E-state index < -0.39 is 10.0 Å². The van der Waals surface area contributed by atoms with Gasteiger partial charge in [-0.15, -0.1) is 11.3 Å². The Morgan fingerprint density at radius 2 is 1.66 bits per heavy atom. The van der Waals surface area contributed by atoms with E-state index in [1.165, 1.54) is 17.8 Å². The van der Waals surface area contributed by atoms with Crippen LogP contribution in [-0.2, 0) is 16.6 Å². The number of nitrogens with zero attached hydrogens (tertiary/aromatic N) is 3. The number of sulfonamides is 1. The van der Waals surface area contributed by atoms with E-state index in [0.29, 0.717) is 29.5 Å². The molecule has 0 atom stereocenters. The Hall–Kier alpha value is -1.61. The highest BCUT2D eigenvalue weighted by Crippen LogP contribution is 2.33. The number of hydrogen-bond acceptors (Lipinski definition) is 5. The van der Waals surface area contributed by atoms with Crippen molar-refractivity contribution >= 4 is 44.6 Å². The van der Waals surface area contributed by atoms with Crippen LogP contribution in [0.4, 0.5) is 5.69 Å². The lowest BCUT2D eigenvalue weighted by Crippen LogP contribution is -2.38. The van der Waals surface area contributed by atoms with E-state index in [0.717, 1.165) is 55.8 Å². The summed E-state index contributed by atoms with van der Waals surface area (Å²) in [5, 5.41) is 0. The lowest BCUT2D eigenvalue weighted by atomic mass is 10.1. The lowest BCUT2D eigenvalue weighted by molar-refractivity contribution is 0.0786. The molecule has 32 heavy (non-hydrogen) atoms. The second-order valence-corrected chi connectivity index (χ2v) is 12.3. The van der Waals surface area contributed by atoms with Crippen molar-refractivity contribution in [3.63, 3.8) is 0 Å². The molecule has 0 bridgehead atoms. The van der Waals surface area contributed by atoms with Gasteiger partial charge in [0.2, 0.25) is 10.0 Å². The molecular formula is C23H30ClN3O3S2. The van der Waals surface area contributed by atoms with Gasteiger partial charge in [0, 0.05) is 43.7 Å². The first-order chi connectivity index (χ1) is 15.4. The largest absolute Gasteiger partial charge is 0.370 e. The molecule has 0 aliphatic carbocycles. The number of carbonyl (C=O) groups is 1. The number of halogens is 1. The first kappa shape index (κ1) is 23.5. The van der Waals surface area contributed by atoms with Crippen LogP contribution in [0.25, 0.3) is 0 Å². The maximum Gasteiger partial charge on any atom is 0.253 e. The average molecular weight is 496 g/mol. The van der Waals surface area contributed by atoms with E-state index >= 15 is 0 Å². The summed E-state index contributed by atoms with van der Waals surface area (Å²) < 4.78 is 29.6. The smallest absolute Gasteiger partial charge is 0.253 e. The molecule has 1 amide bonds. The Balaban J connectivity index is 1.66. The van der Waals surface area contributed by atoms with Crippen LogP contribution in [0.1, 0.15) is 53.8 Å². The molecule has 3 heterocycles. The molecule has 0 radical (unpaired) electrons. The van der Waals surface area contributed by atoms with Gasteiger partial charge < -0.3 is 9.80 Å². The van der Waals surface area contributed by atoms with Gasteiger partial charge in [0.1, 0.15) is 4.90 Å². The van der Waals surface area contributed by atoms with E-state index in [9.17, 15) is 13.2 Å². The third kappa shape index (κ3) is 5.14. The number of carbonyl (C=O) groups excluding carboxylic acids is 1. The highest BCUT2D eigenvalue weighted by Gasteiger charge is 2.31. The minimum Gasteiger partial charge on any atom is -0.370 e.